The highest BCUT2D eigenvalue weighted by Crippen LogP contribution is 2.37. The molecule has 2 atom stereocenters. The number of carbonyl (C=O) groups is 1. The molecule has 1 aliphatic carbocycles. The quantitative estimate of drug-likeness (QED) is 0.463. The number of nitrogens with zero attached hydrogens (tertiary/aromatic N) is 2. The molecule has 0 aliphatic heterocycles. The van der Waals surface area contributed by atoms with Gasteiger partial charge in [-0.15, -0.1) is 21.5 Å². The predicted molar refractivity (Wildman–Crippen MR) is 111 cm³/mol. The van der Waals surface area contributed by atoms with E-state index in [0.29, 0.717) is 16.9 Å². The van der Waals surface area contributed by atoms with Crippen molar-refractivity contribution in [1.29, 1.82) is 0 Å². The Bertz CT molecular complexity index is 756. The number of thioether (sulfide) groups is 1. The normalized spacial score (nSPS) is 17.5. The van der Waals surface area contributed by atoms with Gasteiger partial charge in [0.2, 0.25) is 5.91 Å². The number of aryl methyl sites for hydroxylation is 1. The van der Waals surface area contributed by atoms with Gasteiger partial charge in [-0.3, -0.25) is 4.79 Å². The molecule has 2 aromatic rings. The zero-order chi connectivity index (χ0) is 19.2. The average Bonchev–Trinajstić information content (AvgIpc) is 3.26. The lowest BCUT2D eigenvalue weighted by Gasteiger charge is -2.16. The molecule has 0 saturated carbocycles. The van der Waals surface area contributed by atoms with Gasteiger partial charge in [-0.05, 0) is 50.2 Å². The minimum absolute atomic E-state index is 0.0179. The van der Waals surface area contributed by atoms with Crippen LogP contribution in [0.25, 0.3) is 10.8 Å². The van der Waals surface area contributed by atoms with Crippen LogP contribution in [0.3, 0.4) is 0 Å². The number of fused-ring (bicyclic) bond motifs is 1. The zero-order valence-corrected chi connectivity index (χ0v) is 18.0. The number of nitrogens with one attached hydrogen (secondary N) is 1. The molecule has 1 aliphatic rings. The number of rotatable bonds is 9. The van der Waals surface area contributed by atoms with Crippen molar-refractivity contribution in [3.05, 3.63) is 16.5 Å². The van der Waals surface area contributed by atoms with Gasteiger partial charge in [-0.1, -0.05) is 44.9 Å². The molecule has 0 fully saturated rings. The van der Waals surface area contributed by atoms with Crippen LogP contribution >= 0.6 is 23.1 Å². The van der Waals surface area contributed by atoms with Crippen molar-refractivity contribution in [2.75, 3.05) is 5.75 Å². The monoisotopic (exact) mass is 407 g/mol. The summed E-state index contributed by atoms with van der Waals surface area (Å²) in [6.45, 7) is 6.55. The van der Waals surface area contributed by atoms with Crippen LogP contribution in [-0.2, 0) is 17.6 Å². The van der Waals surface area contributed by atoms with Crippen LogP contribution in [0.2, 0.25) is 0 Å². The maximum Gasteiger partial charge on any atom is 0.277 e. The first-order valence-corrected chi connectivity index (χ1v) is 11.7. The minimum atomic E-state index is 0.0179. The van der Waals surface area contributed by atoms with E-state index in [4.69, 9.17) is 4.42 Å². The van der Waals surface area contributed by atoms with Gasteiger partial charge in [0.25, 0.3) is 11.1 Å². The van der Waals surface area contributed by atoms with E-state index in [9.17, 15) is 4.79 Å². The van der Waals surface area contributed by atoms with Gasteiger partial charge in [0.15, 0.2) is 0 Å². The maximum absolute atomic E-state index is 12.1. The van der Waals surface area contributed by atoms with Crippen LogP contribution < -0.4 is 5.32 Å². The van der Waals surface area contributed by atoms with Crippen LogP contribution in [0.15, 0.2) is 15.7 Å². The smallest absolute Gasteiger partial charge is 0.277 e. The Morgan fingerprint density at radius 3 is 3.11 bits per heavy atom. The predicted octanol–water partition coefficient (Wildman–Crippen LogP) is 5.10. The van der Waals surface area contributed by atoms with E-state index in [1.807, 2.05) is 0 Å². The van der Waals surface area contributed by atoms with Gasteiger partial charge in [0.1, 0.15) is 0 Å². The summed E-state index contributed by atoms with van der Waals surface area (Å²) in [5.74, 6) is 1.64. The fourth-order valence-corrected chi connectivity index (χ4v) is 5.10. The lowest BCUT2D eigenvalue weighted by Crippen LogP contribution is -2.33. The summed E-state index contributed by atoms with van der Waals surface area (Å²) in [5, 5.41) is 11.8. The number of hydrogen-bond acceptors (Lipinski definition) is 6. The Morgan fingerprint density at radius 1 is 1.44 bits per heavy atom. The molecule has 1 N–H and O–H groups in total. The Morgan fingerprint density at radius 2 is 2.30 bits per heavy atom. The first kappa shape index (κ1) is 20.4. The summed E-state index contributed by atoms with van der Waals surface area (Å²) >= 11 is 3.06. The van der Waals surface area contributed by atoms with E-state index in [1.54, 1.807) is 11.3 Å². The highest BCUT2D eigenvalue weighted by atomic mass is 32.2. The number of thiophene rings is 1. The van der Waals surface area contributed by atoms with Crippen molar-refractivity contribution in [2.24, 2.45) is 5.92 Å². The van der Waals surface area contributed by atoms with Crippen molar-refractivity contribution >= 4 is 29.0 Å². The number of hydrogen-bond donors (Lipinski definition) is 1. The lowest BCUT2D eigenvalue weighted by molar-refractivity contribution is -0.119. The molecule has 2 aromatic heterocycles. The molecule has 7 heteroatoms. The molecular formula is C20H29N3O2S2. The van der Waals surface area contributed by atoms with Crippen molar-refractivity contribution in [3.8, 4) is 10.8 Å². The Balaban J connectivity index is 1.49. The van der Waals surface area contributed by atoms with Gasteiger partial charge in [-0.2, -0.15) is 0 Å². The minimum Gasteiger partial charge on any atom is -0.410 e. The standard InChI is InChI=1S/C20H29N3O2S2/c1-4-5-6-7-14(3)21-18(24)12-26-20-23-22-19(25-20)17-11-15-10-13(2)8-9-16(15)27-17/h11,13-14H,4-10,12H2,1-3H3,(H,21,24)/t13-,14-/m1/s1. The van der Waals surface area contributed by atoms with Crippen molar-refractivity contribution in [3.63, 3.8) is 0 Å². The molecule has 5 nitrogen and oxygen atoms in total. The van der Waals surface area contributed by atoms with E-state index in [-0.39, 0.29) is 11.9 Å². The van der Waals surface area contributed by atoms with Gasteiger partial charge in [0, 0.05) is 10.9 Å². The Kier molecular flexibility index (Phi) is 7.35. The molecule has 0 bridgehead atoms. The first-order valence-electron chi connectivity index (χ1n) is 9.92. The van der Waals surface area contributed by atoms with E-state index in [2.05, 4.69) is 42.4 Å². The van der Waals surface area contributed by atoms with E-state index in [1.165, 1.54) is 41.5 Å². The second-order valence-corrected chi connectivity index (χ2v) is 9.60. The second kappa shape index (κ2) is 9.73. The molecular weight excluding hydrogens is 378 g/mol. The molecule has 0 unspecified atom stereocenters. The average molecular weight is 408 g/mol. The summed E-state index contributed by atoms with van der Waals surface area (Å²) in [4.78, 5) is 14.6. The zero-order valence-electron chi connectivity index (χ0n) is 16.4. The van der Waals surface area contributed by atoms with Crippen LogP contribution in [0.1, 0.15) is 63.3 Å². The van der Waals surface area contributed by atoms with Crippen LogP contribution in [-0.4, -0.2) is 27.9 Å². The molecule has 0 spiro atoms. The third-order valence-corrected chi connectivity index (χ3v) is 6.96. The van der Waals surface area contributed by atoms with Gasteiger partial charge in [-0.25, -0.2) is 0 Å². The molecule has 2 heterocycles. The van der Waals surface area contributed by atoms with E-state index >= 15 is 0 Å². The Labute approximate surface area is 169 Å². The highest BCUT2D eigenvalue weighted by Gasteiger charge is 2.21. The molecule has 0 radical (unpaired) electrons. The molecule has 3 rings (SSSR count). The lowest BCUT2D eigenvalue weighted by atomic mass is 9.90. The molecule has 1 amide bonds. The molecule has 0 saturated heterocycles. The summed E-state index contributed by atoms with van der Waals surface area (Å²) < 4.78 is 5.78. The summed E-state index contributed by atoms with van der Waals surface area (Å²) in [6, 6.07) is 2.41. The van der Waals surface area contributed by atoms with Gasteiger partial charge < -0.3 is 9.73 Å². The SMILES string of the molecule is CCCCC[C@@H](C)NC(=O)CSc1nnc(-c2cc3c(s2)CC[C@@H](C)C3)o1. The molecule has 0 aromatic carbocycles. The number of aromatic nitrogens is 2. The van der Waals surface area contributed by atoms with Crippen molar-refractivity contribution in [1.82, 2.24) is 15.5 Å². The third-order valence-electron chi connectivity index (χ3n) is 4.92. The summed E-state index contributed by atoms with van der Waals surface area (Å²) in [6.07, 6.45) is 8.13. The Hall–Kier alpha value is -1.34. The highest BCUT2D eigenvalue weighted by molar-refractivity contribution is 7.99. The summed E-state index contributed by atoms with van der Waals surface area (Å²) in [5.41, 5.74) is 1.43. The third kappa shape index (κ3) is 5.82. The summed E-state index contributed by atoms with van der Waals surface area (Å²) in [7, 11) is 0. The number of amides is 1. The fraction of sp³-hybridized carbons (Fsp3) is 0.650. The molecule has 148 valence electrons. The maximum atomic E-state index is 12.1. The second-order valence-electron chi connectivity index (χ2n) is 7.53. The van der Waals surface area contributed by atoms with Crippen LogP contribution in [0.5, 0.6) is 0 Å². The number of unbranched alkanes of at least 4 members (excludes halogenated alkanes) is 2. The largest absolute Gasteiger partial charge is 0.410 e. The van der Waals surface area contributed by atoms with E-state index in [0.717, 1.165) is 36.5 Å². The van der Waals surface area contributed by atoms with Crippen molar-refractivity contribution in [2.45, 2.75) is 77.0 Å². The fourth-order valence-electron chi connectivity index (χ4n) is 3.40. The van der Waals surface area contributed by atoms with Crippen molar-refractivity contribution < 1.29 is 9.21 Å². The molecule has 27 heavy (non-hydrogen) atoms. The first-order chi connectivity index (χ1) is 13.0. The van der Waals surface area contributed by atoms with Crippen LogP contribution in [0, 0.1) is 5.92 Å². The van der Waals surface area contributed by atoms with Gasteiger partial charge in [0.05, 0.1) is 10.6 Å². The van der Waals surface area contributed by atoms with Crippen LogP contribution in [0.4, 0.5) is 0 Å². The number of carbonyl (C=O) groups excluding carboxylic acids is 1. The topological polar surface area (TPSA) is 68.0 Å². The van der Waals surface area contributed by atoms with Gasteiger partial charge >= 0.3 is 0 Å². The van der Waals surface area contributed by atoms with E-state index < -0.39 is 0 Å².